The molecule has 0 aliphatic heterocycles. The van der Waals surface area contributed by atoms with Crippen molar-refractivity contribution in [1.29, 1.82) is 0 Å². The zero-order valence-corrected chi connectivity index (χ0v) is 12.6. The second kappa shape index (κ2) is 5.62. The van der Waals surface area contributed by atoms with Gasteiger partial charge >= 0.3 is 0 Å². The van der Waals surface area contributed by atoms with E-state index in [0.29, 0.717) is 11.1 Å². The van der Waals surface area contributed by atoms with Crippen molar-refractivity contribution in [2.24, 2.45) is 0 Å². The average molecular weight is 265 g/mol. The minimum atomic E-state index is 0. The van der Waals surface area contributed by atoms with Crippen LogP contribution < -0.4 is 0 Å². The molecule has 2 atom stereocenters. The van der Waals surface area contributed by atoms with Gasteiger partial charge in [0.2, 0.25) is 0 Å². The van der Waals surface area contributed by atoms with Gasteiger partial charge in [0.15, 0.2) is 0 Å². The van der Waals surface area contributed by atoms with Gasteiger partial charge in [-0.15, -0.1) is 0 Å². The first-order valence-electron chi connectivity index (χ1n) is 6.72. The molecule has 0 aromatic heterocycles. The van der Waals surface area contributed by atoms with Gasteiger partial charge in [-0.05, 0) is 33.3 Å². The van der Waals surface area contributed by atoms with Gasteiger partial charge in [-0.2, -0.15) is 0 Å². The van der Waals surface area contributed by atoms with Crippen LogP contribution in [0.25, 0.3) is 12.2 Å². The van der Waals surface area contributed by atoms with Crippen LogP contribution in [0.5, 0.6) is 0 Å². The van der Waals surface area contributed by atoms with E-state index >= 15 is 0 Å². The quantitative estimate of drug-likeness (QED) is 0.724. The topological polar surface area (TPSA) is 0 Å². The number of fused-ring (bicyclic) bond motifs is 2. The van der Waals surface area contributed by atoms with Crippen LogP contribution in [0.3, 0.4) is 0 Å². The number of benzene rings is 2. The second-order valence-corrected chi connectivity index (χ2v) is 6.68. The maximum absolute atomic E-state index is 2.37. The van der Waals surface area contributed by atoms with E-state index in [9.17, 15) is 0 Å². The summed E-state index contributed by atoms with van der Waals surface area (Å²) in [5.41, 5.74) is 6.98. The Morgan fingerprint density at radius 1 is 0.650 bits per heavy atom. The average Bonchev–Trinajstić information content (AvgIpc) is 3.05. The van der Waals surface area contributed by atoms with Crippen LogP contribution in [0, 0.1) is 0 Å². The van der Waals surface area contributed by atoms with Crippen LogP contribution in [-0.2, 0) is 0 Å². The van der Waals surface area contributed by atoms with Crippen LogP contribution in [0.15, 0.2) is 60.7 Å². The Labute approximate surface area is 134 Å². The molecule has 2 aromatic carbocycles. The molecule has 0 spiro atoms. The third-order valence-electron chi connectivity index (χ3n) is 3.96. The molecule has 2 aliphatic rings. The summed E-state index contributed by atoms with van der Waals surface area (Å²) >= 11 is 0. The van der Waals surface area contributed by atoms with Crippen molar-refractivity contribution < 1.29 is 0 Å². The van der Waals surface area contributed by atoms with E-state index in [4.69, 9.17) is 0 Å². The van der Waals surface area contributed by atoms with Crippen molar-refractivity contribution in [3.8, 4) is 0 Å². The van der Waals surface area contributed by atoms with Crippen molar-refractivity contribution in [3.63, 3.8) is 0 Å². The molecule has 0 N–H and O–H groups in total. The molecule has 0 saturated heterocycles. The van der Waals surface area contributed by atoms with E-state index in [0.717, 1.165) is 9.52 Å². The first-order chi connectivity index (χ1) is 9.42. The first kappa shape index (κ1) is 13.7. The Bertz CT molecular complexity index is 628. The normalized spacial score (nSPS) is 21.4. The second-order valence-electron chi connectivity index (χ2n) is 5.10. The summed E-state index contributed by atoms with van der Waals surface area (Å²) in [6.07, 6.45) is 9.30. The summed E-state index contributed by atoms with van der Waals surface area (Å²) in [5.74, 6) is 0. The van der Waals surface area contributed by atoms with Gasteiger partial charge in [0.25, 0.3) is 0 Å². The molecule has 0 nitrogen and oxygen atoms in total. The SMILES string of the molecule is C1=CC([Si]C2C=Cc3ccccc32)c2ccccc21.[Li]. The molecular formula is C18H14LiSi. The fraction of sp³-hybridized carbons (Fsp3) is 0.111. The number of hydrogen-bond donors (Lipinski definition) is 0. The zero-order valence-electron chi connectivity index (χ0n) is 11.6. The third kappa shape index (κ3) is 2.27. The zero-order chi connectivity index (χ0) is 12.7. The minimum Gasteiger partial charge on any atom is -0.0796 e. The van der Waals surface area contributed by atoms with E-state index in [1.807, 2.05) is 0 Å². The number of hydrogen-bond acceptors (Lipinski definition) is 0. The molecule has 0 heterocycles. The van der Waals surface area contributed by atoms with E-state index in [-0.39, 0.29) is 18.9 Å². The molecule has 0 fully saturated rings. The Balaban J connectivity index is 0.00000121. The molecule has 91 valence electrons. The van der Waals surface area contributed by atoms with E-state index in [2.05, 4.69) is 72.8 Å². The summed E-state index contributed by atoms with van der Waals surface area (Å²) in [5, 5.41) is 0. The van der Waals surface area contributed by atoms with Gasteiger partial charge in [-0.25, -0.2) is 0 Å². The van der Waals surface area contributed by atoms with Gasteiger partial charge in [0.1, 0.15) is 0 Å². The summed E-state index contributed by atoms with van der Waals surface area (Å²) in [6.45, 7) is 0. The molecule has 2 aromatic rings. The molecule has 0 bridgehead atoms. The Kier molecular flexibility index (Phi) is 3.85. The van der Waals surface area contributed by atoms with Crippen molar-refractivity contribution in [2.75, 3.05) is 0 Å². The van der Waals surface area contributed by atoms with Crippen molar-refractivity contribution in [3.05, 3.63) is 82.9 Å². The largest absolute Gasteiger partial charge is 0.0796 e. The van der Waals surface area contributed by atoms with Crippen LogP contribution in [0.4, 0.5) is 0 Å². The van der Waals surface area contributed by atoms with Crippen LogP contribution in [-0.4, -0.2) is 28.4 Å². The van der Waals surface area contributed by atoms with Gasteiger partial charge in [-0.1, -0.05) is 72.8 Å². The first-order valence-corrected chi connectivity index (χ1v) is 7.87. The van der Waals surface area contributed by atoms with E-state index in [1.54, 1.807) is 0 Å². The summed E-state index contributed by atoms with van der Waals surface area (Å²) in [4.78, 5) is 0. The monoisotopic (exact) mass is 265 g/mol. The number of rotatable bonds is 2. The minimum absolute atomic E-state index is 0. The molecule has 2 aliphatic carbocycles. The molecule has 2 heteroatoms. The third-order valence-corrected chi connectivity index (χ3v) is 5.68. The van der Waals surface area contributed by atoms with Gasteiger partial charge in [0.05, 0.1) is 9.52 Å². The smallest absolute Gasteiger partial charge is 0.0670 e. The van der Waals surface area contributed by atoms with Crippen molar-refractivity contribution in [1.82, 2.24) is 0 Å². The molecule has 0 amide bonds. The van der Waals surface area contributed by atoms with Gasteiger partial charge < -0.3 is 0 Å². The molecule has 0 saturated carbocycles. The summed E-state index contributed by atoms with van der Waals surface area (Å²) in [7, 11) is 0.900. The Hall–Kier alpha value is -1.27. The maximum atomic E-state index is 2.37. The fourth-order valence-corrected chi connectivity index (χ4v) is 4.67. The van der Waals surface area contributed by atoms with E-state index < -0.39 is 0 Å². The predicted octanol–water partition coefficient (Wildman–Crippen LogP) is 3.85. The number of allylic oxidation sites excluding steroid dienone is 2. The maximum Gasteiger partial charge on any atom is 0.0670 e. The fourth-order valence-electron chi connectivity index (χ4n) is 2.98. The molecule has 3 radical (unpaired) electrons. The standard InChI is InChI=1S/C18H14Si.Li/c1-3-7-15-13(5-1)9-11-17(15)19-18-12-10-14-6-2-4-8-16(14)18;/h1-12,17-18H;. The predicted molar refractivity (Wildman–Crippen MR) is 87.9 cm³/mol. The molecule has 4 rings (SSSR count). The Morgan fingerprint density at radius 2 is 1.10 bits per heavy atom. The molecule has 20 heavy (non-hydrogen) atoms. The van der Waals surface area contributed by atoms with Gasteiger partial charge in [-0.3, -0.25) is 0 Å². The van der Waals surface area contributed by atoms with Crippen molar-refractivity contribution >= 4 is 40.5 Å². The van der Waals surface area contributed by atoms with E-state index in [1.165, 1.54) is 22.3 Å². The van der Waals surface area contributed by atoms with Crippen LogP contribution in [0.1, 0.15) is 33.3 Å². The summed E-state index contributed by atoms with van der Waals surface area (Å²) < 4.78 is 0. The van der Waals surface area contributed by atoms with Gasteiger partial charge in [0, 0.05) is 18.9 Å². The van der Waals surface area contributed by atoms with Crippen LogP contribution in [0.2, 0.25) is 0 Å². The molecule has 2 unspecified atom stereocenters. The van der Waals surface area contributed by atoms with Crippen molar-refractivity contribution in [2.45, 2.75) is 11.1 Å². The molecular weight excluding hydrogens is 251 g/mol. The summed E-state index contributed by atoms with van der Waals surface area (Å²) in [6, 6.07) is 17.5. The Morgan fingerprint density at radius 3 is 1.60 bits per heavy atom. The van der Waals surface area contributed by atoms with Crippen LogP contribution >= 0.6 is 0 Å².